The van der Waals surface area contributed by atoms with Crippen LogP contribution in [0.5, 0.6) is 0 Å². The molecule has 3 rings (SSSR count). The Morgan fingerprint density at radius 1 is 1.24 bits per heavy atom. The molecule has 0 unspecified atom stereocenters. The zero-order valence-electron chi connectivity index (χ0n) is 14.4. The van der Waals surface area contributed by atoms with E-state index in [2.05, 4.69) is 0 Å². The van der Waals surface area contributed by atoms with Crippen molar-refractivity contribution in [1.82, 2.24) is 4.31 Å². The number of benzene rings is 1. The van der Waals surface area contributed by atoms with Crippen LogP contribution in [0.3, 0.4) is 0 Å². The molecule has 2 heterocycles. The van der Waals surface area contributed by atoms with Crippen molar-refractivity contribution in [2.24, 2.45) is 0 Å². The lowest BCUT2D eigenvalue weighted by atomic mass is 10.2. The Morgan fingerprint density at radius 3 is 2.64 bits per heavy atom. The summed E-state index contributed by atoms with van der Waals surface area (Å²) in [6.45, 7) is 2.37. The number of nitrogens with zero attached hydrogens (tertiary/aromatic N) is 2. The van der Waals surface area contributed by atoms with Crippen LogP contribution < -0.4 is 4.90 Å². The van der Waals surface area contributed by atoms with Crippen molar-refractivity contribution in [2.45, 2.75) is 18.2 Å². The second kappa shape index (κ2) is 6.50. The van der Waals surface area contributed by atoms with Gasteiger partial charge in [-0.05, 0) is 55.3 Å². The molecule has 0 radical (unpaired) electrons. The molecule has 1 aliphatic rings. The smallest absolute Gasteiger partial charge is 0.251 e. The molecular formula is C18H20N2O4S. The molecule has 1 aliphatic heterocycles. The van der Waals surface area contributed by atoms with E-state index in [4.69, 9.17) is 4.42 Å². The van der Waals surface area contributed by atoms with Gasteiger partial charge in [-0.1, -0.05) is 0 Å². The van der Waals surface area contributed by atoms with Gasteiger partial charge in [0, 0.05) is 32.4 Å². The normalized spacial score (nSPS) is 14.5. The van der Waals surface area contributed by atoms with Crippen LogP contribution in [-0.2, 0) is 21.2 Å². The van der Waals surface area contributed by atoms with E-state index in [1.165, 1.54) is 24.5 Å². The van der Waals surface area contributed by atoms with Crippen LogP contribution in [0.15, 0.2) is 45.7 Å². The molecular weight excluding hydrogens is 340 g/mol. The van der Waals surface area contributed by atoms with Gasteiger partial charge in [-0.15, -0.1) is 0 Å². The molecule has 7 heteroatoms. The highest BCUT2D eigenvalue weighted by molar-refractivity contribution is 7.89. The van der Waals surface area contributed by atoms with Crippen LogP contribution in [-0.4, -0.2) is 39.3 Å². The molecule has 2 aromatic rings. The van der Waals surface area contributed by atoms with Crippen molar-refractivity contribution in [3.8, 4) is 0 Å². The molecule has 1 aromatic carbocycles. The molecule has 0 bridgehead atoms. The molecule has 6 nitrogen and oxygen atoms in total. The van der Waals surface area contributed by atoms with Crippen LogP contribution in [0.4, 0.5) is 5.69 Å². The minimum Gasteiger partial charge on any atom is -0.462 e. The van der Waals surface area contributed by atoms with Crippen molar-refractivity contribution in [3.05, 3.63) is 53.5 Å². The van der Waals surface area contributed by atoms with Crippen LogP contribution in [0, 0.1) is 6.92 Å². The number of aryl methyl sites for hydroxylation is 1. The molecule has 0 N–H and O–H groups in total. The van der Waals surface area contributed by atoms with E-state index < -0.39 is 10.0 Å². The highest BCUT2D eigenvalue weighted by Crippen LogP contribution is 2.31. The van der Waals surface area contributed by atoms with Crippen LogP contribution in [0.1, 0.15) is 17.1 Å². The van der Waals surface area contributed by atoms with E-state index in [0.29, 0.717) is 18.7 Å². The Labute approximate surface area is 147 Å². The first-order valence-corrected chi connectivity index (χ1v) is 9.34. The molecule has 0 atom stereocenters. The lowest BCUT2D eigenvalue weighted by molar-refractivity contribution is -0.114. The molecule has 1 amide bonds. The van der Waals surface area contributed by atoms with Crippen LogP contribution in [0.2, 0.25) is 0 Å². The highest BCUT2D eigenvalue weighted by Gasteiger charge is 2.26. The molecule has 25 heavy (non-hydrogen) atoms. The number of furan rings is 1. The maximum Gasteiger partial charge on any atom is 0.251 e. The molecule has 0 saturated carbocycles. The molecule has 0 fully saturated rings. The highest BCUT2D eigenvalue weighted by atomic mass is 32.2. The van der Waals surface area contributed by atoms with Crippen LogP contribution >= 0.6 is 0 Å². The maximum atomic E-state index is 12.4. The molecule has 1 aromatic heterocycles. The minimum absolute atomic E-state index is 0.156. The quantitative estimate of drug-likeness (QED) is 0.785. The Hall–Kier alpha value is -2.38. The van der Waals surface area contributed by atoms with Gasteiger partial charge in [0.15, 0.2) is 0 Å². The van der Waals surface area contributed by atoms with E-state index in [1.807, 2.05) is 13.0 Å². The largest absolute Gasteiger partial charge is 0.462 e. The van der Waals surface area contributed by atoms with Crippen molar-refractivity contribution < 1.29 is 17.6 Å². The third-order valence-electron chi connectivity index (χ3n) is 4.14. The summed E-state index contributed by atoms with van der Waals surface area (Å²) in [7, 11) is -0.478. The summed E-state index contributed by atoms with van der Waals surface area (Å²) in [5.41, 5.74) is 1.61. The maximum absolute atomic E-state index is 12.4. The van der Waals surface area contributed by atoms with Crippen molar-refractivity contribution in [2.75, 3.05) is 25.5 Å². The summed E-state index contributed by atoms with van der Waals surface area (Å²) in [6, 6.07) is 8.52. The summed E-state index contributed by atoms with van der Waals surface area (Å²) >= 11 is 0. The van der Waals surface area contributed by atoms with E-state index in [0.717, 1.165) is 17.0 Å². The average Bonchev–Trinajstić information content (AvgIpc) is 3.17. The predicted molar refractivity (Wildman–Crippen MR) is 95.9 cm³/mol. The van der Waals surface area contributed by atoms with Crippen molar-refractivity contribution >= 4 is 27.7 Å². The number of amides is 1. The number of rotatable bonds is 4. The number of carbonyl (C=O) groups is 1. The first-order valence-electron chi connectivity index (χ1n) is 7.90. The monoisotopic (exact) mass is 360 g/mol. The Balaban J connectivity index is 1.82. The van der Waals surface area contributed by atoms with Gasteiger partial charge in [0.2, 0.25) is 10.0 Å². The molecule has 132 valence electrons. The fourth-order valence-electron chi connectivity index (χ4n) is 2.76. The van der Waals surface area contributed by atoms with Gasteiger partial charge in [0.1, 0.15) is 11.5 Å². The minimum atomic E-state index is -3.48. The van der Waals surface area contributed by atoms with E-state index in [1.54, 1.807) is 35.2 Å². The second-order valence-corrected chi connectivity index (χ2v) is 8.25. The van der Waals surface area contributed by atoms with E-state index in [9.17, 15) is 13.2 Å². The zero-order chi connectivity index (χ0) is 18.2. The third kappa shape index (κ3) is 3.38. The first kappa shape index (κ1) is 17.4. The fourth-order valence-corrected chi connectivity index (χ4v) is 3.72. The number of carbonyl (C=O) groups excluding carboxylic acids is 1. The average molecular weight is 360 g/mol. The molecule has 0 aliphatic carbocycles. The van der Waals surface area contributed by atoms with Gasteiger partial charge in [0.25, 0.3) is 5.91 Å². The number of fused-ring (bicyclic) bond motifs is 1. The van der Waals surface area contributed by atoms with E-state index >= 15 is 0 Å². The number of hydrogen-bond acceptors (Lipinski definition) is 4. The summed E-state index contributed by atoms with van der Waals surface area (Å²) in [4.78, 5) is 14.3. The van der Waals surface area contributed by atoms with Crippen LogP contribution in [0.25, 0.3) is 6.08 Å². The summed E-state index contributed by atoms with van der Waals surface area (Å²) < 4.78 is 31.1. The van der Waals surface area contributed by atoms with Gasteiger partial charge < -0.3 is 9.32 Å². The summed E-state index contributed by atoms with van der Waals surface area (Å²) in [5, 5.41) is 0. The van der Waals surface area contributed by atoms with Gasteiger partial charge in [-0.3, -0.25) is 4.79 Å². The zero-order valence-corrected chi connectivity index (χ0v) is 15.2. The van der Waals surface area contributed by atoms with Gasteiger partial charge >= 0.3 is 0 Å². The second-order valence-electron chi connectivity index (χ2n) is 6.10. The van der Waals surface area contributed by atoms with Gasteiger partial charge in [-0.25, -0.2) is 12.7 Å². The summed E-state index contributed by atoms with van der Waals surface area (Å²) in [5.74, 6) is 1.25. The summed E-state index contributed by atoms with van der Waals surface area (Å²) in [6.07, 6.45) is 3.74. The lowest BCUT2D eigenvalue weighted by Crippen LogP contribution is -2.26. The topological polar surface area (TPSA) is 70.8 Å². The number of sulfonamides is 1. The molecule has 0 saturated heterocycles. The Morgan fingerprint density at radius 2 is 2.00 bits per heavy atom. The van der Waals surface area contributed by atoms with Gasteiger partial charge in [-0.2, -0.15) is 0 Å². The fraction of sp³-hybridized carbons (Fsp3) is 0.278. The predicted octanol–water partition coefficient (Wildman–Crippen LogP) is 2.44. The number of anilines is 1. The number of hydrogen-bond donors (Lipinski definition) is 0. The Kier molecular flexibility index (Phi) is 4.53. The van der Waals surface area contributed by atoms with Crippen molar-refractivity contribution in [3.63, 3.8) is 0 Å². The third-order valence-corrected chi connectivity index (χ3v) is 5.95. The standard InChI is InChI=1S/C18H20N2O4S/c1-13-4-5-15(24-13)6-9-18(21)20-11-10-14-12-16(7-8-17(14)20)25(22,23)19(2)3/h4-9,12H,10-11H2,1-3H3. The SMILES string of the molecule is Cc1ccc(C=CC(=O)N2CCc3cc(S(=O)(=O)N(C)C)ccc32)o1. The van der Waals surface area contributed by atoms with Crippen molar-refractivity contribution in [1.29, 1.82) is 0 Å². The molecule has 0 spiro atoms. The van der Waals surface area contributed by atoms with E-state index in [-0.39, 0.29) is 10.8 Å². The van der Waals surface area contributed by atoms with Gasteiger partial charge in [0.05, 0.1) is 4.90 Å². The first-order chi connectivity index (χ1) is 11.8. The lowest BCUT2D eigenvalue weighted by Gasteiger charge is -2.16. The Bertz CT molecular complexity index is 942.